The zero-order chi connectivity index (χ0) is 30.3. The van der Waals surface area contributed by atoms with Gasteiger partial charge in [0.05, 0.1) is 21.8 Å². The molecule has 238 valence electrons. The Morgan fingerprint density at radius 3 is 2.07 bits per heavy atom. The van der Waals surface area contributed by atoms with Crippen molar-refractivity contribution in [2.45, 2.75) is 116 Å². The Balaban J connectivity index is 1.64. The summed E-state index contributed by atoms with van der Waals surface area (Å²) < 4.78 is 34.3. The fourth-order valence-corrected chi connectivity index (χ4v) is 6.48. The molecule has 0 amide bonds. The smallest absolute Gasteiger partial charge is 0.117 e. The standard InChI is InChI=1S/C36H53NO5S/c1-5-9-20-38-26-30-34(39-21-10-6-2)36(41-23-12-8-4)35(40-22-11-7-3)33(42-30)28-17-15-16-27(24-28)25-32-37-29-18-13-14-19-31(29)43-32/h13-19,24,30,33-36H,5-12,20-23,25-26H2,1-4H3/t30?,33?,34-,35+,36?/m1/s1. The van der Waals surface area contributed by atoms with Crippen molar-refractivity contribution < 1.29 is 23.7 Å². The van der Waals surface area contributed by atoms with Gasteiger partial charge in [0.15, 0.2) is 0 Å². The van der Waals surface area contributed by atoms with E-state index >= 15 is 0 Å². The largest absolute Gasteiger partial charge is 0.379 e. The number of rotatable bonds is 20. The Labute approximate surface area is 263 Å². The SMILES string of the molecule is CCCCOCC1OC(c2cccc(Cc3nc4ccccc4s3)c2)[C@H](OCCCC)C(OCCCC)[C@@H]1OCCCC. The number of benzene rings is 2. The Bertz CT molecular complexity index is 1150. The molecule has 1 aromatic heterocycles. The average molecular weight is 612 g/mol. The highest BCUT2D eigenvalue weighted by Gasteiger charge is 2.48. The molecule has 1 aliphatic heterocycles. The Kier molecular flexibility index (Phi) is 14.9. The number of unbranched alkanes of at least 4 members (excludes halogenated alkanes) is 4. The maximum atomic E-state index is 6.96. The molecule has 0 aliphatic carbocycles. The first kappa shape index (κ1) is 34.0. The lowest BCUT2D eigenvalue weighted by Gasteiger charge is -2.46. The third-order valence-electron chi connectivity index (χ3n) is 7.96. The summed E-state index contributed by atoms with van der Waals surface area (Å²) in [5.41, 5.74) is 3.38. The first-order valence-corrected chi connectivity index (χ1v) is 17.5. The van der Waals surface area contributed by atoms with Gasteiger partial charge in [0, 0.05) is 32.8 Å². The summed E-state index contributed by atoms with van der Waals surface area (Å²) in [4.78, 5) is 4.88. The number of nitrogens with zero attached hydrogens (tertiary/aromatic N) is 1. The van der Waals surface area contributed by atoms with Crippen LogP contribution in [-0.4, -0.2) is 62.4 Å². The maximum Gasteiger partial charge on any atom is 0.117 e. The van der Waals surface area contributed by atoms with Crippen molar-refractivity contribution in [3.63, 3.8) is 0 Å². The van der Waals surface area contributed by atoms with Crippen molar-refractivity contribution in [2.75, 3.05) is 33.0 Å². The topological polar surface area (TPSA) is 59.0 Å². The second-order valence-corrected chi connectivity index (χ2v) is 12.7. The van der Waals surface area contributed by atoms with E-state index in [4.69, 9.17) is 28.7 Å². The van der Waals surface area contributed by atoms with E-state index in [2.05, 4.69) is 70.2 Å². The lowest BCUT2D eigenvalue weighted by Crippen LogP contribution is -2.58. The number of thiazole rings is 1. The van der Waals surface area contributed by atoms with Gasteiger partial charge in [0.1, 0.15) is 30.5 Å². The highest BCUT2D eigenvalue weighted by molar-refractivity contribution is 7.18. The molecule has 2 heterocycles. The minimum atomic E-state index is -0.287. The molecule has 1 fully saturated rings. The van der Waals surface area contributed by atoms with Gasteiger partial charge in [-0.15, -0.1) is 11.3 Å². The lowest BCUT2D eigenvalue weighted by molar-refractivity contribution is -0.268. The first-order valence-electron chi connectivity index (χ1n) is 16.7. The van der Waals surface area contributed by atoms with Gasteiger partial charge >= 0.3 is 0 Å². The van der Waals surface area contributed by atoms with Crippen LogP contribution in [0.5, 0.6) is 0 Å². The Morgan fingerprint density at radius 1 is 0.721 bits per heavy atom. The van der Waals surface area contributed by atoms with Crippen molar-refractivity contribution >= 4 is 21.6 Å². The van der Waals surface area contributed by atoms with Gasteiger partial charge in [-0.25, -0.2) is 4.98 Å². The van der Waals surface area contributed by atoms with Crippen molar-refractivity contribution in [3.05, 3.63) is 64.7 Å². The number of para-hydroxylation sites is 1. The molecular weight excluding hydrogens is 558 g/mol. The first-order chi connectivity index (χ1) is 21.2. The van der Waals surface area contributed by atoms with Gasteiger partial charge in [0.25, 0.3) is 0 Å². The molecule has 0 N–H and O–H groups in total. The highest BCUT2D eigenvalue weighted by atomic mass is 32.1. The number of hydrogen-bond acceptors (Lipinski definition) is 7. The molecule has 0 bridgehead atoms. The molecular formula is C36H53NO5S. The monoisotopic (exact) mass is 611 g/mol. The number of hydrogen-bond donors (Lipinski definition) is 0. The maximum absolute atomic E-state index is 6.96. The van der Waals surface area contributed by atoms with E-state index in [1.807, 2.05) is 6.07 Å². The molecule has 6 nitrogen and oxygen atoms in total. The van der Waals surface area contributed by atoms with Crippen molar-refractivity contribution in [1.82, 2.24) is 4.98 Å². The molecule has 0 spiro atoms. The van der Waals surface area contributed by atoms with Crippen LogP contribution in [0.1, 0.15) is 101 Å². The van der Waals surface area contributed by atoms with Crippen LogP contribution < -0.4 is 0 Å². The molecule has 2 aromatic carbocycles. The predicted molar refractivity (Wildman–Crippen MR) is 176 cm³/mol. The summed E-state index contributed by atoms with van der Waals surface area (Å²) in [5, 5.41) is 1.12. The second-order valence-electron chi connectivity index (χ2n) is 11.6. The van der Waals surface area contributed by atoms with Crippen molar-refractivity contribution in [3.8, 4) is 0 Å². The van der Waals surface area contributed by atoms with Gasteiger partial charge in [-0.05, 0) is 48.9 Å². The molecule has 1 aliphatic rings. The molecule has 3 unspecified atom stereocenters. The molecule has 4 rings (SSSR count). The van der Waals surface area contributed by atoms with Gasteiger partial charge in [-0.1, -0.05) is 89.8 Å². The Morgan fingerprint density at radius 2 is 1.37 bits per heavy atom. The fourth-order valence-electron chi connectivity index (χ4n) is 5.48. The molecule has 3 aromatic rings. The summed E-state index contributed by atoms with van der Waals surface area (Å²) >= 11 is 1.76. The second kappa shape index (κ2) is 18.8. The lowest BCUT2D eigenvalue weighted by atomic mass is 9.89. The summed E-state index contributed by atoms with van der Waals surface area (Å²) in [6, 6.07) is 17.1. The van der Waals surface area contributed by atoms with Crippen LogP contribution in [0.25, 0.3) is 10.2 Å². The van der Waals surface area contributed by atoms with E-state index in [1.165, 1.54) is 10.3 Å². The van der Waals surface area contributed by atoms with E-state index in [0.29, 0.717) is 26.4 Å². The van der Waals surface area contributed by atoms with E-state index in [9.17, 15) is 0 Å². The molecule has 7 heteroatoms. The zero-order valence-electron chi connectivity index (χ0n) is 26.8. The van der Waals surface area contributed by atoms with Crippen molar-refractivity contribution in [1.29, 1.82) is 0 Å². The van der Waals surface area contributed by atoms with Crippen LogP contribution in [0.3, 0.4) is 0 Å². The van der Waals surface area contributed by atoms with E-state index < -0.39 is 0 Å². The van der Waals surface area contributed by atoms with E-state index in [1.54, 1.807) is 11.3 Å². The summed E-state index contributed by atoms with van der Waals surface area (Å²) in [7, 11) is 0. The molecule has 0 saturated carbocycles. The van der Waals surface area contributed by atoms with Gasteiger partial charge in [-0.2, -0.15) is 0 Å². The predicted octanol–water partition coefficient (Wildman–Crippen LogP) is 8.70. The summed E-state index contributed by atoms with van der Waals surface area (Å²) in [6.07, 6.45) is 7.82. The third kappa shape index (κ3) is 10.1. The van der Waals surface area contributed by atoms with Crippen LogP contribution in [-0.2, 0) is 30.1 Å². The normalized spacial score (nSPS) is 22.4. The molecule has 1 saturated heterocycles. The molecule has 43 heavy (non-hydrogen) atoms. The van der Waals surface area contributed by atoms with Crippen LogP contribution in [0.2, 0.25) is 0 Å². The third-order valence-corrected chi connectivity index (χ3v) is 8.99. The fraction of sp³-hybridized carbons (Fsp3) is 0.639. The van der Waals surface area contributed by atoms with E-state index in [0.717, 1.165) is 80.5 Å². The summed E-state index contributed by atoms with van der Waals surface area (Å²) in [6.45, 7) is 12.0. The van der Waals surface area contributed by atoms with Crippen LogP contribution >= 0.6 is 11.3 Å². The molecule has 0 radical (unpaired) electrons. The quantitative estimate of drug-likeness (QED) is 0.119. The Hall–Kier alpha value is -1.87. The minimum Gasteiger partial charge on any atom is -0.379 e. The van der Waals surface area contributed by atoms with Gasteiger partial charge in [0.2, 0.25) is 0 Å². The van der Waals surface area contributed by atoms with Crippen LogP contribution in [0.4, 0.5) is 0 Å². The van der Waals surface area contributed by atoms with Crippen molar-refractivity contribution in [2.24, 2.45) is 0 Å². The average Bonchev–Trinajstić information content (AvgIpc) is 3.43. The number of aromatic nitrogens is 1. The van der Waals surface area contributed by atoms with Crippen LogP contribution in [0.15, 0.2) is 48.5 Å². The van der Waals surface area contributed by atoms with Gasteiger partial charge < -0.3 is 23.7 Å². The van der Waals surface area contributed by atoms with Crippen LogP contribution in [0, 0.1) is 0 Å². The molecule has 5 atom stereocenters. The number of ether oxygens (including phenoxy) is 5. The number of fused-ring (bicyclic) bond motifs is 1. The minimum absolute atomic E-state index is 0.244. The van der Waals surface area contributed by atoms with Gasteiger partial charge in [-0.3, -0.25) is 0 Å². The highest BCUT2D eigenvalue weighted by Crippen LogP contribution is 2.38. The zero-order valence-corrected chi connectivity index (χ0v) is 27.6. The summed E-state index contributed by atoms with van der Waals surface area (Å²) in [5.74, 6) is 0. The van der Waals surface area contributed by atoms with E-state index in [-0.39, 0.29) is 30.5 Å².